The Morgan fingerprint density at radius 2 is 1.80 bits per heavy atom. The predicted octanol–water partition coefficient (Wildman–Crippen LogP) is 0.963. The third-order valence-corrected chi connectivity index (χ3v) is 4.02. The summed E-state index contributed by atoms with van der Waals surface area (Å²) in [7, 11) is 0. The molecular weight excluding hydrogens is 254 g/mol. The molecule has 0 unspecified atom stereocenters. The Balaban J connectivity index is 1.58. The highest BCUT2D eigenvalue weighted by molar-refractivity contribution is 5.74. The van der Waals surface area contributed by atoms with Crippen LogP contribution in [-0.2, 0) is 0 Å². The Morgan fingerprint density at radius 1 is 1.20 bits per heavy atom. The molecule has 2 amide bonds. The second-order valence-electron chi connectivity index (χ2n) is 5.98. The normalized spacial score (nSPS) is 25.1. The first-order valence-electron chi connectivity index (χ1n) is 7.21. The van der Waals surface area contributed by atoms with Crippen LogP contribution in [0, 0.1) is 11.8 Å². The molecule has 3 rings (SSSR count). The van der Waals surface area contributed by atoms with Gasteiger partial charge in [-0.15, -0.1) is 0 Å². The Bertz CT molecular complexity index is 464. The Morgan fingerprint density at radius 3 is 2.35 bits per heavy atom. The van der Waals surface area contributed by atoms with Crippen molar-refractivity contribution >= 4 is 12.0 Å². The van der Waals surface area contributed by atoms with Crippen LogP contribution in [0.5, 0.6) is 0 Å². The smallest absolute Gasteiger partial charge is 0.317 e. The van der Waals surface area contributed by atoms with Gasteiger partial charge in [0.05, 0.1) is 0 Å². The molecular formula is C14H21N5O. The monoisotopic (exact) mass is 275 g/mol. The van der Waals surface area contributed by atoms with Gasteiger partial charge in [-0.05, 0) is 19.9 Å². The molecule has 0 spiro atoms. The number of nitrogens with zero attached hydrogens (tertiary/aromatic N) is 4. The summed E-state index contributed by atoms with van der Waals surface area (Å²) in [6.07, 6.45) is 3.55. The van der Waals surface area contributed by atoms with Gasteiger partial charge in [-0.25, -0.2) is 14.8 Å². The summed E-state index contributed by atoms with van der Waals surface area (Å²) in [4.78, 5) is 24.8. The number of hydrogen-bond acceptors (Lipinski definition) is 4. The maximum absolute atomic E-state index is 12.0. The average Bonchev–Trinajstić information content (AvgIpc) is 2.97. The fourth-order valence-corrected chi connectivity index (χ4v) is 3.12. The second kappa shape index (κ2) is 5.26. The quantitative estimate of drug-likeness (QED) is 0.873. The van der Waals surface area contributed by atoms with Crippen LogP contribution in [-0.4, -0.2) is 53.1 Å². The molecule has 2 fully saturated rings. The number of nitrogens with one attached hydrogen (secondary N) is 1. The van der Waals surface area contributed by atoms with Crippen LogP contribution >= 0.6 is 0 Å². The minimum Gasteiger partial charge on any atom is -0.340 e. The van der Waals surface area contributed by atoms with E-state index in [2.05, 4.69) is 20.2 Å². The van der Waals surface area contributed by atoms with Gasteiger partial charge < -0.3 is 15.1 Å². The molecule has 1 aromatic heterocycles. The van der Waals surface area contributed by atoms with Gasteiger partial charge in [-0.1, -0.05) is 0 Å². The van der Waals surface area contributed by atoms with E-state index in [0.29, 0.717) is 11.8 Å². The van der Waals surface area contributed by atoms with Crippen molar-refractivity contribution in [1.29, 1.82) is 0 Å². The zero-order valence-electron chi connectivity index (χ0n) is 12.0. The molecule has 0 saturated carbocycles. The first-order valence-corrected chi connectivity index (χ1v) is 7.21. The first kappa shape index (κ1) is 13.1. The van der Waals surface area contributed by atoms with Crippen LogP contribution < -0.4 is 10.2 Å². The van der Waals surface area contributed by atoms with Crippen LogP contribution in [0.1, 0.15) is 13.8 Å². The van der Waals surface area contributed by atoms with E-state index in [1.165, 1.54) is 0 Å². The SMILES string of the molecule is CC(C)NC(=O)N1C[C@@H]2CN(c3ncccn3)C[C@@H]2C1. The Kier molecular flexibility index (Phi) is 3.46. The van der Waals surface area contributed by atoms with Crippen LogP contribution in [0.2, 0.25) is 0 Å². The number of amides is 2. The van der Waals surface area contributed by atoms with Gasteiger partial charge in [0, 0.05) is 56.5 Å². The molecule has 1 N–H and O–H groups in total. The van der Waals surface area contributed by atoms with Crippen LogP contribution in [0.4, 0.5) is 10.7 Å². The summed E-state index contributed by atoms with van der Waals surface area (Å²) in [6.45, 7) is 7.55. The van der Waals surface area contributed by atoms with Crippen molar-refractivity contribution in [1.82, 2.24) is 20.2 Å². The molecule has 6 heteroatoms. The molecule has 2 aliphatic rings. The lowest BCUT2D eigenvalue weighted by molar-refractivity contribution is 0.203. The first-order chi connectivity index (χ1) is 9.63. The molecule has 0 aliphatic carbocycles. The van der Waals surface area contributed by atoms with E-state index in [0.717, 1.165) is 32.1 Å². The number of hydrogen-bond donors (Lipinski definition) is 1. The molecule has 2 atom stereocenters. The zero-order valence-corrected chi connectivity index (χ0v) is 12.0. The van der Waals surface area contributed by atoms with Crippen molar-refractivity contribution < 1.29 is 4.79 Å². The van der Waals surface area contributed by atoms with Crippen LogP contribution in [0.15, 0.2) is 18.5 Å². The predicted molar refractivity (Wildman–Crippen MR) is 76.5 cm³/mol. The lowest BCUT2D eigenvalue weighted by atomic mass is 10.0. The van der Waals surface area contributed by atoms with E-state index in [-0.39, 0.29) is 12.1 Å². The number of fused-ring (bicyclic) bond motifs is 1. The molecule has 108 valence electrons. The average molecular weight is 275 g/mol. The Hall–Kier alpha value is -1.85. The molecule has 0 bridgehead atoms. The number of likely N-dealkylation sites (tertiary alicyclic amines) is 1. The minimum absolute atomic E-state index is 0.0666. The maximum Gasteiger partial charge on any atom is 0.317 e. The summed E-state index contributed by atoms with van der Waals surface area (Å²) in [6, 6.07) is 2.09. The molecule has 20 heavy (non-hydrogen) atoms. The van der Waals surface area contributed by atoms with Crippen molar-refractivity contribution in [3.05, 3.63) is 18.5 Å². The molecule has 2 aliphatic heterocycles. The summed E-state index contributed by atoms with van der Waals surface area (Å²) in [5.74, 6) is 1.88. The van der Waals surface area contributed by atoms with Crippen LogP contribution in [0.25, 0.3) is 0 Å². The zero-order chi connectivity index (χ0) is 14.1. The molecule has 0 radical (unpaired) electrons. The van der Waals surface area contributed by atoms with E-state index < -0.39 is 0 Å². The largest absolute Gasteiger partial charge is 0.340 e. The van der Waals surface area contributed by atoms with Gasteiger partial charge in [0.25, 0.3) is 0 Å². The number of carbonyl (C=O) groups is 1. The lowest BCUT2D eigenvalue weighted by Crippen LogP contribution is -2.43. The standard InChI is InChI=1S/C14H21N5O/c1-10(2)17-14(20)19-8-11-6-18(7-12(11)9-19)13-15-4-3-5-16-13/h3-5,10-12H,6-9H2,1-2H3,(H,17,20)/t11-,12+. The third kappa shape index (κ3) is 2.55. The van der Waals surface area contributed by atoms with Crippen molar-refractivity contribution in [2.45, 2.75) is 19.9 Å². The summed E-state index contributed by atoms with van der Waals surface area (Å²) < 4.78 is 0. The summed E-state index contributed by atoms with van der Waals surface area (Å²) in [5, 5.41) is 2.97. The highest BCUT2D eigenvalue weighted by atomic mass is 16.2. The second-order valence-corrected chi connectivity index (χ2v) is 5.98. The van der Waals surface area contributed by atoms with Gasteiger partial charge in [-0.3, -0.25) is 0 Å². The van der Waals surface area contributed by atoms with Gasteiger partial charge >= 0.3 is 6.03 Å². The molecule has 6 nitrogen and oxygen atoms in total. The highest BCUT2D eigenvalue weighted by Crippen LogP contribution is 2.32. The maximum atomic E-state index is 12.0. The molecule has 2 saturated heterocycles. The van der Waals surface area contributed by atoms with Crippen molar-refractivity contribution in [3.8, 4) is 0 Å². The van der Waals surface area contributed by atoms with Gasteiger partial charge in [0.1, 0.15) is 0 Å². The van der Waals surface area contributed by atoms with Crippen molar-refractivity contribution in [2.75, 3.05) is 31.1 Å². The van der Waals surface area contributed by atoms with E-state index in [9.17, 15) is 4.79 Å². The van der Waals surface area contributed by atoms with E-state index in [1.54, 1.807) is 12.4 Å². The van der Waals surface area contributed by atoms with E-state index >= 15 is 0 Å². The fraction of sp³-hybridized carbons (Fsp3) is 0.643. The molecule has 1 aromatic rings. The summed E-state index contributed by atoms with van der Waals surface area (Å²) >= 11 is 0. The van der Waals surface area contributed by atoms with Gasteiger partial charge in [0.2, 0.25) is 5.95 Å². The number of rotatable bonds is 2. The van der Waals surface area contributed by atoms with Crippen molar-refractivity contribution in [2.24, 2.45) is 11.8 Å². The number of aromatic nitrogens is 2. The van der Waals surface area contributed by atoms with Crippen LogP contribution in [0.3, 0.4) is 0 Å². The lowest BCUT2D eigenvalue weighted by Gasteiger charge is -2.22. The topological polar surface area (TPSA) is 61.4 Å². The number of urea groups is 1. The summed E-state index contributed by atoms with van der Waals surface area (Å²) in [5.41, 5.74) is 0. The minimum atomic E-state index is 0.0666. The van der Waals surface area contributed by atoms with Crippen molar-refractivity contribution in [3.63, 3.8) is 0 Å². The highest BCUT2D eigenvalue weighted by Gasteiger charge is 2.42. The van der Waals surface area contributed by atoms with Gasteiger partial charge in [-0.2, -0.15) is 0 Å². The molecule has 0 aromatic carbocycles. The number of anilines is 1. The third-order valence-electron chi connectivity index (χ3n) is 4.02. The van der Waals surface area contributed by atoms with E-state index in [1.807, 2.05) is 24.8 Å². The van der Waals surface area contributed by atoms with E-state index in [4.69, 9.17) is 0 Å². The molecule has 3 heterocycles. The van der Waals surface area contributed by atoms with Gasteiger partial charge in [0.15, 0.2) is 0 Å². The Labute approximate surface area is 119 Å². The fourth-order valence-electron chi connectivity index (χ4n) is 3.12. The number of carbonyl (C=O) groups excluding carboxylic acids is 1.